The Balaban J connectivity index is 1.79. The Morgan fingerprint density at radius 3 is 2.42 bits per heavy atom. The molecule has 6 N–H and O–H groups in total. The van der Waals surface area contributed by atoms with Crippen molar-refractivity contribution in [3.8, 4) is 0 Å². The molecule has 31 heavy (non-hydrogen) atoms. The Morgan fingerprint density at radius 2 is 1.74 bits per heavy atom. The lowest BCUT2D eigenvalue weighted by atomic mass is 10.0. The van der Waals surface area contributed by atoms with Crippen LogP contribution in [0.1, 0.15) is 37.2 Å². The summed E-state index contributed by atoms with van der Waals surface area (Å²) in [6.07, 6.45) is 0.252. The maximum Gasteiger partial charge on any atom is 0.407 e. The summed E-state index contributed by atoms with van der Waals surface area (Å²) in [7, 11) is 0. The molecule has 0 radical (unpaired) electrons. The van der Waals surface area contributed by atoms with Crippen LogP contribution < -0.4 is 22.1 Å². The standard InChI is InChI=1S/C23H30N4O4/c24-19(15-17-9-3-1-4-10-17)22(29)27-20(21(25)28)13-7-8-14-26-23(30)31-16-18-11-5-2-6-12-18/h1-6,9-12,19-20H,7-8,13-16,24H2,(H2,25,28)(H,26,30)(H,27,29)/t19-,20-/m0/s1/i1D,3D,4D,9D,10D. The monoisotopic (exact) mass is 431 g/mol. The lowest BCUT2D eigenvalue weighted by Crippen LogP contribution is -2.51. The number of ether oxygens (including phenoxy) is 1. The van der Waals surface area contributed by atoms with Crippen molar-refractivity contribution < 1.29 is 26.0 Å². The van der Waals surface area contributed by atoms with Gasteiger partial charge in [0.2, 0.25) is 11.8 Å². The number of rotatable bonds is 12. The van der Waals surface area contributed by atoms with E-state index in [1.165, 1.54) is 0 Å². The second-order valence-corrected chi connectivity index (χ2v) is 6.86. The van der Waals surface area contributed by atoms with Gasteiger partial charge in [-0.1, -0.05) is 60.5 Å². The van der Waals surface area contributed by atoms with Crippen LogP contribution in [-0.2, 0) is 27.4 Å². The summed E-state index contributed by atoms with van der Waals surface area (Å²) in [5.74, 6) is -1.51. The Labute approximate surface area is 189 Å². The zero-order valence-corrected chi connectivity index (χ0v) is 17.1. The third-order valence-corrected chi connectivity index (χ3v) is 4.37. The van der Waals surface area contributed by atoms with Gasteiger partial charge in [-0.2, -0.15) is 0 Å². The van der Waals surface area contributed by atoms with Gasteiger partial charge in [-0.25, -0.2) is 4.79 Å². The van der Waals surface area contributed by atoms with Crippen LogP contribution in [0.25, 0.3) is 0 Å². The summed E-state index contributed by atoms with van der Waals surface area (Å²) in [5, 5.41) is 5.05. The van der Waals surface area contributed by atoms with Crippen LogP contribution in [0.3, 0.4) is 0 Å². The van der Waals surface area contributed by atoms with Crippen molar-refractivity contribution in [2.75, 3.05) is 6.54 Å². The van der Waals surface area contributed by atoms with Gasteiger partial charge in [0.15, 0.2) is 0 Å². The van der Waals surface area contributed by atoms with E-state index >= 15 is 0 Å². The highest BCUT2D eigenvalue weighted by molar-refractivity contribution is 5.89. The highest BCUT2D eigenvalue weighted by atomic mass is 16.5. The van der Waals surface area contributed by atoms with Gasteiger partial charge in [0, 0.05) is 6.54 Å². The fourth-order valence-corrected chi connectivity index (χ4v) is 2.69. The summed E-state index contributed by atoms with van der Waals surface area (Å²) in [5.41, 5.74) is 12.0. The number of unbranched alkanes of at least 4 members (excludes halogenated alkanes) is 1. The molecular formula is C23H30N4O4. The van der Waals surface area contributed by atoms with Gasteiger partial charge in [0.25, 0.3) is 0 Å². The molecule has 2 atom stereocenters. The van der Waals surface area contributed by atoms with E-state index in [1.54, 1.807) is 0 Å². The molecule has 0 unspecified atom stereocenters. The van der Waals surface area contributed by atoms with Gasteiger partial charge in [-0.15, -0.1) is 0 Å². The molecule has 0 saturated carbocycles. The average molecular weight is 432 g/mol. The number of nitrogens with two attached hydrogens (primary N) is 2. The van der Waals surface area contributed by atoms with Crippen molar-refractivity contribution in [3.05, 3.63) is 71.7 Å². The number of carbonyl (C=O) groups excluding carboxylic acids is 3. The van der Waals surface area contributed by atoms with E-state index < -0.39 is 60.2 Å². The van der Waals surface area contributed by atoms with Crippen LogP contribution in [0.15, 0.2) is 60.5 Å². The van der Waals surface area contributed by atoms with E-state index in [0.717, 1.165) is 5.56 Å². The number of hydrogen-bond donors (Lipinski definition) is 4. The minimum atomic E-state index is -1.27. The van der Waals surface area contributed by atoms with Crippen LogP contribution in [0.4, 0.5) is 4.79 Å². The molecule has 2 aromatic rings. The molecular weight excluding hydrogens is 396 g/mol. The Morgan fingerprint density at radius 1 is 1.03 bits per heavy atom. The van der Waals surface area contributed by atoms with E-state index in [4.69, 9.17) is 23.1 Å². The third-order valence-electron chi connectivity index (χ3n) is 4.37. The minimum Gasteiger partial charge on any atom is -0.445 e. The summed E-state index contributed by atoms with van der Waals surface area (Å²) >= 11 is 0. The second-order valence-electron chi connectivity index (χ2n) is 6.86. The molecule has 8 heteroatoms. The molecule has 8 nitrogen and oxygen atoms in total. The molecule has 3 amide bonds. The maximum atomic E-state index is 12.5. The lowest BCUT2D eigenvalue weighted by molar-refractivity contribution is -0.128. The first-order valence-corrected chi connectivity index (χ1v) is 9.88. The fourth-order valence-electron chi connectivity index (χ4n) is 2.69. The predicted octanol–water partition coefficient (Wildman–Crippen LogP) is 1.62. The predicted molar refractivity (Wildman–Crippen MR) is 118 cm³/mol. The number of amides is 3. The highest BCUT2D eigenvalue weighted by Gasteiger charge is 2.21. The molecule has 0 saturated heterocycles. The number of hydrogen-bond acceptors (Lipinski definition) is 5. The van der Waals surface area contributed by atoms with Crippen LogP contribution >= 0.6 is 0 Å². The van der Waals surface area contributed by atoms with Gasteiger partial charge in [0.1, 0.15) is 12.6 Å². The maximum absolute atomic E-state index is 12.5. The second kappa shape index (κ2) is 13.0. The number of nitrogens with one attached hydrogen (secondary N) is 2. The molecule has 0 bridgehead atoms. The van der Waals surface area contributed by atoms with E-state index in [-0.39, 0.29) is 25.0 Å². The van der Waals surface area contributed by atoms with Crippen molar-refractivity contribution in [2.24, 2.45) is 11.5 Å². The number of benzene rings is 2. The largest absolute Gasteiger partial charge is 0.445 e. The smallest absolute Gasteiger partial charge is 0.407 e. The molecule has 0 fully saturated rings. The van der Waals surface area contributed by atoms with Gasteiger partial charge < -0.3 is 26.8 Å². The van der Waals surface area contributed by atoms with Crippen molar-refractivity contribution >= 4 is 17.9 Å². The zero-order chi connectivity index (χ0) is 26.8. The van der Waals surface area contributed by atoms with Crippen molar-refractivity contribution in [3.63, 3.8) is 0 Å². The zero-order valence-electron chi connectivity index (χ0n) is 22.1. The SMILES string of the molecule is [2H]c1c([2H])c([2H])c(C[C@H](N)C(=O)N[C@@H](CCCCNC(=O)OCc2ccccc2)C(N)=O)c([2H])c1[2H]. The first-order valence-electron chi connectivity index (χ1n) is 12.4. The van der Waals surface area contributed by atoms with Gasteiger partial charge in [-0.05, 0) is 36.8 Å². The van der Waals surface area contributed by atoms with E-state index in [9.17, 15) is 14.4 Å². The minimum absolute atomic E-state index is 0.0931. The molecule has 166 valence electrons. The van der Waals surface area contributed by atoms with Crippen LogP contribution in [0, 0.1) is 0 Å². The topological polar surface area (TPSA) is 137 Å². The first kappa shape index (κ1) is 17.3. The van der Waals surface area contributed by atoms with Gasteiger partial charge in [-0.3, -0.25) is 9.59 Å². The summed E-state index contributed by atoms with van der Waals surface area (Å²) < 4.78 is 44.0. The van der Waals surface area contributed by atoms with Crippen molar-refractivity contribution in [2.45, 2.75) is 44.4 Å². The molecule has 0 heterocycles. The Bertz CT molecular complexity index is 1060. The number of alkyl carbamates (subject to hydrolysis) is 1. The highest BCUT2D eigenvalue weighted by Crippen LogP contribution is 2.05. The first-order chi connectivity index (χ1) is 17.0. The van der Waals surface area contributed by atoms with Crippen LogP contribution in [0.2, 0.25) is 0 Å². The molecule has 2 aromatic carbocycles. The Hall–Kier alpha value is -3.39. The van der Waals surface area contributed by atoms with E-state index in [0.29, 0.717) is 19.4 Å². The Kier molecular flexibility index (Phi) is 7.27. The molecule has 0 aliphatic carbocycles. The average Bonchev–Trinajstić information content (AvgIpc) is 2.86. The van der Waals surface area contributed by atoms with E-state index in [2.05, 4.69) is 10.6 Å². The van der Waals surface area contributed by atoms with Crippen molar-refractivity contribution in [1.29, 1.82) is 0 Å². The quantitative estimate of drug-likeness (QED) is 0.379. The number of carbonyl (C=O) groups is 3. The number of primary amides is 1. The van der Waals surface area contributed by atoms with Gasteiger partial charge in [0.05, 0.1) is 12.9 Å². The fraction of sp³-hybridized carbons (Fsp3) is 0.348. The molecule has 0 aliphatic heterocycles. The molecule has 0 aromatic heterocycles. The van der Waals surface area contributed by atoms with Crippen molar-refractivity contribution in [1.82, 2.24) is 10.6 Å². The summed E-state index contributed by atoms with van der Waals surface area (Å²) in [6.45, 7) is 0.438. The molecule has 2 rings (SSSR count). The van der Waals surface area contributed by atoms with Gasteiger partial charge >= 0.3 is 6.09 Å². The lowest BCUT2D eigenvalue weighted by Gasteiger charge is -2.18. The summed E-state index contributed by atoms with van der Waals surface area (Å²) in [6, 6.07) is 4.46. The third kappa shape index (κ3) is 9.31. The normalized spacial score (nSPS) is 14.7. The van der Waals surface area contributed by atoms with Crippen LogP contribution in [-0.4, -0.2) is 36.5 Å². The molecule has 0 spiro atoms. The van der Waals surface area contributed by atoms with E-state index in [1.807, 2.05) is 30.3 Å². The summed E-state index contributed by atoms with van der Waals surface area (Å²) in [4.78, 5) is 36.1. The van der Waals surface area contributed by atoms with Crippen LogP contribution in [0.5, 0.6) is 0 Å². The molecule has 0 aliphatic rings.